The number of hydrogen-bond donors (Lipinski definition) is 2. The highest BCUT2D eigenvalue weighted by Gasteiger charge is 2.27. The van der Waals surface area contributed by atoms with E-state index in [-0.39, 0.29) is 24.1 Å². The standard InChI is InChI=1S/C14H28N2O2/c1-10(2)11(3)15-14(18)9-16(4)12-7-5-6-8-13(12)17/h10-13,17H,5-9H2,1-4H3,(H,15,18). The normalized spacial score (nSPS) is 26.4. The van der Waals surface area contributed by atoms with Crippen molar-refractivity contribution in [3.63, 3.8) is 0 Å². The molecule has 0 aliphatic heterocycles. The molecule has 1 saturated carbocycles. The topological polar surface area (TPSA) is 52.6 Å². The molecule has 106 valence electrons. The van der Waals surface area contributed by atoms with Gasteiger partial charge in [0.05, 0.1) is 12.6 Å². The van der Waals surface area contributed by atoms with Crippen LogP contribution in [0.25, 0.3) is 0 Å². The Balaban J connectivity index is 2.38. The van der Waals surface area contributed by atoms with Crippen LogP contribution in [0, 0.1) is 5.92 Å². The Kier molecular flexibility index (Phi) is 6.09. The smallest absolute Gasteiger partial charge is 0.234 e. The highest BCUT2D eigenvalue weighted by atomic mass is 16.3. The van der Waals surface area contributed by atoms with Gasteiger partial charge in [0.1, 0.15) is 0 Å². The van der Waals surface area contributed by atoms with Crippen LogP contribution in [0.5, 0.6) is 0 Å². The minimum Gasteiger partial charge on any atom is -0.391 e. The van der Waals surface area contributed by atoms with Crippen molar-refractivity contribution in [2.24, 2.45) is 5.92 Å². The SMILES string of the molecule is CC(C)C(C)NC(=O)CN(C)C1CCCCC1O. The summed E-state index contributed by atoms with van der Waals surface area (Å²) in [7, 11) is 1.93. The van der Waals surface area contributed by atoms with Gasteiger partial charge >= 0.3 is 0 Å². The maximum atomic E-state index is 11.9. The van der Waals surface area contributed by atoms with Crippen LogP contribution in [-0.2, 0) is 4.79 Å². The van der Waals surface area contributed by atoms with Gasteiger partial charge in [0.2, 0.25) is 5.91 Å². The van der Waals surface area contributed by atoms with Gasteiger partial charge in [-0.25, -0.2) is 0 Å². The van der Waals surface area contributed by atoms with Crippen LogP contribution in [0.2, 0.25) is 0 Å². The van der Waals surface area contributed by atoms with E-state index in [0.29, 0.717) is 12.5 Å². The molecule has 0 heterocycles. The van der Waals surface area contributed by atoms with Crippen LogP contribution in [0.1, 0.15) is 46.5 Å². The van der Waals surface area contributed by atoms with Crippen molar-refractivity contribution in [2.75, 3.05) is 13.6 Å². The van der Waals surface area contributed by atoms with E-state index < -0.39 is 0 Å². The quantitative estimate of drug-likeness (QED) is 0.781. The van der Waals surface area contributed by atoms with Crippen molar-refractivity contribution in [1.82, 2.24) is 10.2 Å². The van der Waals surface area contributed by atoms with Crippen molar-refractivity contribution < 1.29 is 9.90 Å². The summed E-state index contributed by atoms with van der Waals surface area (Å²) >= 11 is 0. The Hall–Kier alpha value is -0.610. The lowest BCUT2D eigenvalue weighted by Gasteiger charge is -2.35. The van der Waals surface area contributed by atoms with E-state index in [0.717, 1.165) is 25.7 Å². The lowest BCUT2D eigenvalue weighted by atomic mass is 9.91. The highest BCUT2D eigenvalue weighted by Crippen LogP contribution is 2.22. The van der Waals surface area contributed by atoms with Gasteiger partial charge in [-0.2, -0.15) is 0 Å². The van der Waals surface area contributed by atoms with E-state index in [4.69, 9.17) is 0 Å². The average molecular weight is 256 g/mol. The van der Waals surface area contributed by atoms with Gasteiger partial charge in [0.25, 0.3) is 0 Å². The predicted octanol–water partition coefficient (Wildman–Crippen LogP) is 1.38. The molecule has 0 radical (unpaired) electrons. The fourth-order valence-electron chi connectivity index (χ4n) is 2.42. The van der Waals surface area contributed by atoms with Gasteiger partial charge in [-0.3, -0.25) is 9.69 Å². The van der Waals surface area contributed by atoms with Crippen LogP contribution in [-0.4, -0.2) is 47.7 Å². The van der Waals surface area contributed by atoms with Crippen LogP contribution in [0.4, 0.5) is 0 Å². The molecule has 1 aliphatic rings. The average Bonchev–Trinajstić information content (AvgIpc) is 2.28. The van der Waals surface area contributed by atoms with Crippen LogP contribution >= 0.6 is 0 Å². The van der Waals surface area contributed by atoms with Crippen molar-refractivity contribution in [3.8, 4) is 0 Å². The minimum absolute atomic E-state index is 0.0523. The second-order valence-corrected chi connectivity index (χ2v) is 5.93. The van der Waals surface area contributed by atoms with E-state index >= 15 is 0 Å². The molecule has 0 saturated heterocycles. The van der Waals surface area contributed by atoms with Crippen molar-refractivity contribution >= 4 is 5.91 Å². The number of aliphatic hydroxyl groups excluding tert-OH is 1. The number of aliphatic hydroxyl groups is 1. The molecule has 18 heavy (non-hydrogen) atoms. The molecule has 0 aromatic carbocycles. The summed E-state index contributed by atoms with van der Waals surface area (Å²) in [5.41, 5.74) is 0. The number of nitrogens with zero attached hydrogens (tertiary/aromatic N) is 1. The highest BCUT2D eigenvalue weighted by molar-refractivity contribution is 5.78. The second kappa shape index (κ2) is 7.10. The summed E-state index contributed by atoms with van der Waals surface area (Å²) in [6.45, 7) is 6.59. The summed E-state index contributed by atoms with van der Waals surface area (Å²) in [6.07, 6.45) is 3.82. The van der Waals surface area contributed by atoms with Crippen LogP contribution in [0.15, 0.2) is 0 Å². The summed E-state index contributed by atoms with van der Waals surface area (Å²) in [5, 5.41) is 13.0. The van der Waals surface area contributed by atoms with Gasteiger partial charge in [-0.15, -0.1) is 0 Å². The van der Waals surface area contributed by atoms with E-state index in [9.17, 15) is 9.90 Å². The third-order valence-electron chi connectivity index (χ3n) is 4.04. The Bertz CT molecular complexity index is 269. The number of likely N-dealkylation sites (N-methyl/N-ethyl adjacent to an activating group) is 1. The summed E-state index contributed by atoms with van der Waals surface area (Å²) in [4.78, 5) is 13.9. The van der Waals surface area contributed by atoms with Crippen LogP contribution < -0.4 is 5.32 Å². The third-order valence-corrected chi connectivity index (χ3v) is 4.04. The lowest BCUT2D eigenvalue weighted by molar-refractivity contribution is -0.124. The number of nitrogens with one attached hydrogen (secondary N) is 1. The number of carbonyl (C=O) groups is 1. The Morgan fingerprint density at radius 1 is 1.33 bits per heavy atom. The Morgan fingerprint density at radius 2 is 1.94 bits per heavy atom. The largest absolute Gasteiger partial charge is 0.391 e. The lowest BCUT2D eigenvalue weighted by Crippen LogP contribution is -2.49. The maximum Gasteiger partial charge on any atom is 0.234 e. The molecule has 1 rings (SSSR count). The first-order valence-electron chi connectivity index (χ1n) is 7.09. The van der Waals surface area contributed by atoms with Crippen molar-refractivity contribution in [2.45, 2.75) is 64.6 Å². The molecule has 4 heteroatoms. The number of amides is 1. The molecule has 1 aliphatic carbocycles. The fraction of sp³-hybridized carbons (Fsp3) is 0.929. The van der Waals surface area contributed by atoms with Gasteiger partial charge < -0.3 is 10.4 Å². The number of rotatable bonds is 5. The molecule has 4 nitrogen and oxygen atoms in total. The zero-order chi connectivity index (χ0) is 13.7. The predicted molar refractivity (Wildman–Crippen MR) is 73.3 cm³/mol. The molecule has 2 N–H and O–H groups in total. The van der Waals surface area contributed by atoms with Crippen LogP contribution in [0.3, 0.4) is 0 Å². The zero-order valence-electron chi connectivity index (χ0n) is 12.1. The molecule has 1 fully saturated rings. The van der Waals surface area contributed by atoms with Gasteiger partial charge in [0.15, 0.2) is 0 Å². The third kappa shape index (κ3) is 4.58. The number of hydrogen-bond acceptors (Lipinski definition) is 3. The first-order chi connectivity index (χ1) is 8.41. The second-order valence-electron chi connectivity index (χ2n) is 5.93. The van der Waals surface area contributed by atoms with Crippen molar-refractivity contribution in [3.05, 3.63) is 0 Å². The molecule has 1 amide bonds. The minimum atomic E-state index is -0.279. The van der Waals surface area contributed by atoms with E-state index in [2.05, 4.69) is 19.2 Å². The molecule has 3 unspecified atom stereocenters. The molecule has 3 atom stereocenters. The van der Waals surface area contributed by atoms with Gasteiger partial charge in [-0.1, -0.05) is 26.7 Å². The molecule has 0 aromatic rings. The van der Waals surface area contributed by atoms with Crippen molar-refractivity contribution in [1.29, 1.82) is 0 Å². The van der Waals surface area contributed by atoms with Gasteiger partial charge in [-0.05, 0) is 32.7 Å². The van der Waals surface area contributed by atoms with E-state index in [1.807, 2.05) is 18.9 Å². The number of carbonyl (C=O) groups excluding carboxylic acids is 1. The summed E-state index contributed by atoms with van der Waals surface area (Å²) in [5.74, 6) is 0.496. The maximum absolute atomic E-state index is 11.9. The van der Waals surface area contributed by atoms with E-state index in [1.165, 1.54) is 0 Å². The van der Waals surface area contributed by atoms with E-state index in [1.54, 1.807) is 0 Å². The summed E-state index contributed by atoms with van der Waals surface area (Å²) in [6, 6.07) is 0.334. The first kappa shape index (κ1) is 15.4. The molecule has 0 spiro atoms. The molecule has 0 aromatic heterocycles. The molecular weight excluding hydrogens is 228 g/mol. The Morgan fingerprint density at radius 3 is 2.50 bits per heavy atom. The first-order valence-corrected chi connectivity index (χ1v) is 7.09. The zero-order valence-corrected chi connectivity index (χ0v) is 12.1. The molecular formula is C14H28N2O2. The van der Waals surface area contributed by atoms with Gasteiger partial charge in [0, 0.05) is 12.1 Å². The molecule has 0 bridgehead atoms. The summed E-state index contributed by atoms with van der Waals surface area (Å²) < 4.78 is 0. The monoisotopic (exact) mass is 256 g/mol. The fourth-order valence-corrected chi connectivity index (χ4v) is 2.42. The Labute approximate surface area is 111 Å².